The van der Waals surface area contributed by atoms with Gasteiger partial charge in [0.15, 0.2) is 0 Å². The maximum atomic E-state index is 13.1. The molecule has 0 rings (SSSR count). The summed E-state index contributed by atoms with van der Waals surface area (Å²) in [7, 11) is 0. The Kier molecular flexibility index (Phi) is 5.72. The lowest BCUT2D eigenvalue weighted by atomic mass is 10.1. The molecule has 0 amide bonds. The highest BCUT2D eigenvalue weighted by atomic mass is 19.2. The van der Waals surface area contributed by atoms with Gasteiger partial charge in [-0.2, -0.15) is 0 Å². The van der Waals surface area contributed by atoms with Crippen LogP contribution >= 0.6 is 0 Å². The van der Waals surface area contributed by atoms with Gasteiger partial charge in [-0.05, 0) is 33.6 Å². The molecule has 0 bridgehead atoms. The number of alkyl halides is 2. The highest BCUT2D eigenvalue weighted by Crippen LogP contribution is 2.16. The van der Waals surface area contributed by atoms with E-state index in [1.165, 1.54) is 0 Å². The van der Waals surface area contributed by atoms with Crippen LogP contribution in [-0.2, 0) is 9.53 Å². The van der Waals surface area contributed by atoms with Gasteiger partial charge in [-0.3, -0.25) is 0 Å². The standard InChI is InChI=1S/C10H18F2O3/c1-10(2,3)15-9(14)8(12)7(11)5-4-6-13/h7-8,13H,4-6H2,1-3H3. The molecule has 0 aromatic carbocycles. The summed E-state index contributed by atoms with van der Waals surface area (Å²) in [6.07, 6.45) is -4.23. The number of carbonyl (C=O) groups excluding carboxylic acids is 1. The van der Waals surface area contributed by atoms with Crippen molar-refractivity contribution in [1.82, 2.24) is 0 Å². The van der Waals surface area contributed by atoms with Gasteiger partial charge in [-0.25, -0.2) is 13.6 Å². The van der Waals surface area contributed by atoms with Gasteiger partial charge in [-0.1, -0.05) is 0 Å². The highest BCUT2D eigenvalue weighted by Gasteiger charge is 2.31. The largest absolute Gasteiger partial charge is 0.458 e. The summed E-state index contributed by atoms with van der Waals surface area (Å²) in [5.41, 5.74) is -0.821. The maximum absolute atomic E-state index is 13.1. The summed E-state index contributed by atoms with van der Waals surface area (Å²) in [4.78, 5) is 11.1. The van der Waals surface area contributed by atoms with Crippen LogP contribution in [0.15, 0.2) is 0 Å². The van der Waals surface area contributed by atoms with Gasteiger partial charge in [-0.15, -0.1) is 0 Å². The van der Waals surface area contributed by atoms with Gasteiger partial charge < -0.3 is 9.84 Å². The third-order valence-corrected chi connectivity index (χ3v) is 1.59. The molecule has 0 saturated heterocycles. The average molecular weight is 224 g/mol. The van der Waals surface area contributed by atoms with Crippen molar-refractivity contribution in [3.8, 4) is 0 Å². The number of carbonyl (C=O) groups is 1. The van der Waals surface area contributed by atoms with Crippen LogP contribution in [0.5, 0.6) is 0 Å². The van der Waals surface area contributed by atoms with Gasteiger partial charge in [0.2, 0.25) is 6.17 Å². The summed E-state index contributed by atoms with van der Waals surface area (Å²) in [6.45, 7) is 4.53. The number of hydrogen-bond acceptors (Lipinski definition) is 3. The zero-order valence-corrected chi connectivity index (χ0v) is 9.30. The monoisotopic (exact) mass is 224 g/mol. The number of esters is 1. The Morgan fingerprint density at radius 2 is 1.93 bits per heavy atom. The Morgan fingerprint density at radius 1 is 1.40 bits per heavy atom. The highest BCUT2D eigenvalue weighted by molar-refractivity contribution is 5.75. The second-order valence-corrected chi connectivity index (χ2v) is 4.32. The number of aliphatic hydroxyl groups is 1. The summed E-state index contributed by atoms with van der Waals surface area (Å²) < 4.78 is 30.8. The Morgan fingerprint density at radius 3 is 2.33 bits per heavy atom. The molecule has 2 unspecified atom stereocenters. The molecule has 90 valence electrons. The number of rotatable bonds is 5. The first-order valence-corrected chi connectivity index (χ1v) is 4.90. The minimum Gasteiger partial charge on any atom is -0.458 e. The summed E-state index contributed by atoms with van der Waals surface area (Å²) in [6, 6.07) is 0. The second kappa shape index (κ2) is 6.00. The van der Waals surface area contributed by atoms with Crippen molar-refractivity contribution in [1.29, 1.82) is 0 Å². The van der Waals surface area contributed by atoms with Gasteiger partial charge >= 0.3 is 5.97 Å². The molecule has 3 nitrogen and oxygen atoms in total. The fourth-order valence-corrected chi connectivity index (χ4v) is 0.938. The molecular weight excluding hydrogens is 206 g/mol. The van der Waals surface area contributed by atoms with E-state index in [9.17, 15) is 13.6 Å². The van der Waals surface area contributed by atoms with Crippen molar-refractivity contribution >= 4 is 5.97 Å². The van der Waals surface area contributed by atoms with Gasteiger partial charge in [0.1, 0.15) is 11.8 Å². The molecule has 0 aliphatic heterocycles. The van der Waals surface area contributed by atoms with E-state index in [-0.39, 0.29) is 19.4 Å². The van der Waals surface area contributed by atoms with Crippen molar-refractivity contribution in [3.05, 3.63) is 0 Å². The molecule has 0 aliphatic carbocycles. The molecule has 0 heterocycles. The van der Waals surface area contributed by atoms with Crippen LogP contribution in [0.3, 0.4) is 0 Å². The molecule has 5 heteroatoms. The van der Waals surface area contributed by atoms with Gasteiger partial charge in [0.05, 0.1) is 0 Å². The smallest absolute Gasteiger partial charge is 0.344 e. The van der Waals surface area contributed by atoms with E-state index in [4.69, 9.17) is 5.11 Å². The SMILES string of the molecule is CC(C)(C)OC(=O)C(F)C(F)CCCO. The zero-order valence-electron chi connectivity index (χ0n) is 9.30. The number of halogens is 2. The first kappa shape index (κ1) is 14.3. The third kappa shape index (κ3) is 6.38. The zero-order chi connectivity index (χ0) is 12.1. The minimum absolute atomic E-state index is 0.129. The van der Waals surface area contributed by atoms with Crippen LogP contribution in [0.4, 0.5) is 8.78 Å². The average Bonchev–Trinajstić information content (AvgIpc) is 2.10. The Bertz CT molecular complexity index is 201. The molecule has 0 aromatic rings. The first-order valence-electron chi connectivity index (χ1n) is 4.90. The molecular formula is C10H18F2O3. The van der Waals surface area contributed by atoms with Gasteiger partial charge in [0, 0.05) is 6.61 Å². The van der Waals surface area contributed by atoms with Crippen LogP contribution in [0.25, 0.3) is 0 Å². The fraction of sp³-hybridized carbons (Fsp3) is 0.900. The van der Waals surface area contributed by atoms with Gasteiger partial charge in [0.25, 0.3) is 0 Å². The molecule has 0 radical (unpaired) electrons. The first-order chi connectivity index (χ1) is 6.78. The molecule has 15 heavy (non-hydrogen) atoms. The minimum atomic E-state index is -2.27. The molecule has 0 fully saturated rings. The molecule has 0 aromatic heterocycles. The van der Waals surface area contributed by atoms with Crippen molar-refractivity contribution in [2.45, 2.75) is 51.6 Å². The Hall–Kier alpha value is -0.710. The predicted molar refractivity (Wildman–Crippen MR) is 52.0 cm³/mol. The number of aliphatic hydroxyl groups excluding tert-OH is 1. The maximum Gasteiger partial charge on any atom is 0.344 e. The van der Waals surface area contributed by atoms with Crippen LogP contribution < -0.4 is 0 Å². The number of hydrogen-bond donors (Lipinski definition) is 1. The molecule has 0 saturated carbocycles. The van der Waals surface area contributed by atoms with Crippen molar-refractivity contribution in [3.63, 3.8) is 0 Å². The molecule has 2 atom stereocenters. The van der Waals surface area contributed by atoms with E-state index >= 15 is 0 Å². The molecule has 1 N–H and O–H groups in total. The lowest BCUT2D eigenvalue weighted by Gasteiger charge is -2.22. The molecule has 0 spiro atoms. The van der Waals surface area contributed by atoms with E-state index in [2.05, 4.69) is 4.74 Å². The van der Waals surface area contributed by atoms with Crippen LogP contribution in [-0.4, -0.2) is 35.6 Å². The summed E-state index contributed by atoms with van der Waals surface area (Å²) in [5, 5.41) is 8.42. The summed E-state index contributed by atoms with van der Waals surface area (Å²) in [5.74, 6) is -1.19. The lowest BCUT2D eigenvalue weighted by Crippen LogP contribution is -2.34. The van der Waals surface area contributed by atoms with Crippen LogP contribution in [0.1, 0.15) is 33.6 Å². The fourth-order valence-electron chi connectivity index (χ4n) is 0.938. The lowest BCUT2D eigenvalue weighted by molar-refractivity contribution is -0.163. The molecule has 0 aliphatic rings. The van der Waals surface area contributed by atoms with E-state index in [1.807, 2.05) is 0 Å². The predicted octanol–water partition coefficient (Wildman–Crippen LogP) is 1.78. The normalized spacial score (nSPS) is 15.9. The van der Waals surface area contributed by atoms with Crippen molar-refractivity contribution in [2.24, 2.45) is 0 Å². The van der Waals surface area contributed by atoms with Crippen molar-refractivity contribution in [2.75, 3.05) is 6.61 Å². The van der Waals surface area contributed by atoms with Crippen LogP contribution in [0, 0.1) is 0 Å². The van der Waals surface area contributed by atoms with E-state index in [1.54, 1.807) is 20.8 Å². The Labute approximate surface area is 88.4 Å². The number of ether oxygens (including phenoxy) is 1. The summed E-state index contributed by atoms with van der Waals surface area (Å²) >= 11 is 0. The van der Waals surface area contributed by atoms with E-state index in [0.717, 1.165) is 0 Å². The Balaban J connectivity index is 4.08. The third-order valence-electron chi connectivity index (χ3n) is 1.59. The van der Waals surface area contributed by atoms with Crippen molar-refractivity contribution < 1.29 is 23.4 Å². The van der Waals surface area contributed by atoms with E-state index in [0.29, 0.717) is 0 Å². The second-order valence-electron chi connectivity index (χ2n) is 4.32. The quantitative estimate of drug-likeness (QED) is 0.724. The van der Waals surface area contributed by atoms with E-state index < -0.39 is 23.9 Å². The van der Waals surface area contributed by atoms with Crippen LogP contribution in [0.2, 0.25) is 0 Å². The topological polar surface area (TPSA) is 46.5 Å².